The van der Waals surface area contributed by atoms with Crippen molar-refractivity contribution < 1.29 is 13.2 Å². The molecule has 4 heteroatoms. The molecule has 0 saturated heterocycles. The summed E-state index contributed by atoms with van der Waals surface area (Å²) in [7, 11) is 0. The minimum atomic E-state index is -0.478. The van der Waals surface area contributed by atoms with Crippen molar-refractivity contribution in [2.75, 3.05) is 6.54 Å². The molecule has 1 N–H and O–H groups in total. The number of benzene rings is 2. The van der Waals surface area contributed by atoms with Gasteiger partial charge in [0.2, 0.25) is 0 Å². The molecule has 112 valence electrons. The molecule has 0 aliphatic rings. The summed E-state index contributed by atoms with van der Waals surface area (Å²) in [6, 6.07) is 9.20. The predicted octanol–water partition coefficient (Wildman–Crippen LogP) is 4.39. The van der Waals surface area contributed by atoms with E-state index in [1.165, 1.54) is 18.2 Å². The predicted molar refractivity (Wildman–Crippen MR) is 77.5 cm³/mol. The molecular weight excluding hydrogens is 275 g/mol. The third-order valence-electron chi connectivity index (χ3n) is 3.30. The van der Waals surface area contributed by atoms with Crippen molar-refractivity contribution in [2.24, 2.45) is 0 Å². The van der Waals surface area contributed by atoms with Gasteiger partial charge >= 0.3 is 0 Å². The van der Waals surface area contributed by atoms with Crippen LogP contribution in [0, 0.1) is 17.5 Å². The number of halogens is 3. The van der Waals surface area contributed by atoms with Crippen LogP contribution >= 0.6 is 0 Å². The van der Waals surface area contributed by atoms with Crippen LogP contribution < -0.4 is 5.32 Å². The fourth-order valence-corrected chi connectivity index (χ4v) is 2.29. The zero-order valence-corrected chi connectivity index (χ0v) is 11.9. The Labute approximate surface area is 122 Å². The maximum Gasteiger partial charge on any atom is 0.128 e. The Morgan fingerprint density at radius 1 is 1.00 bits per heavy atom. The summed E-state index contributed by atoms with van der Waals surface area (Å²) in [6.07, 6.45) is 1.27. The van der Waals surface area contributed by atoms with Crippen LogP contribution in [0.3, 0.4) is 0 Å². The summed E-state index contributed by atoms with van der Waals surface area (Å²) >= 11 is 0. The largest absolute Gasteiger partial charge is 0.310 e. The van der Waals surface area contributed by atoms with Crippen LogP contribution in [0.1, 0.15) is 30.5 Å². The van der Waals surface area contributed by atoms with Gasteiger partial charge in [-0.1, -0.05) is 19.1 Å². The van der Waals surface area contributed by atoms with Crippen LogP contribution in [-0.2, 0) is 6.42 Å². The van der Waals surface area contributed by atoms with Crippen LogP contribution in [0.15, 0.2) is 42.5 Å². The molecule has 2 aromatic rings. The molecule has 21 heavy (non-hydrogen) atoms. The minimum absolute atomic E-state index is 0.271. The van der Waals surface area contributed by atoms with E-state index in [4.69, 9.17) is 0 Å². The first kappa shape index (κ1) is 15.6. The fraction of sp³-hybridized carbons (Fsp3) is 0.294. The topological polar surface area (TPSA) is 12.0 Å². The number of nitrogens with one attached hydrogen (secondary N) is 1. The van der Waals surface area contributed by atoms with E-state index >= 15 is 0 Å². The molecule has 0 fully saturated rings. The van der Waals surface area contributed by atoms with E-state index in [9.17, 15) is 13.2 Å². The molecule has 2 rings (SSSR count). The van der Waals surface area contributed by atoms with Gasteiger partial charge in [0.05, 0.1) is 0 Å². The highest BCUT2D eigenvalue weighted by Crippen LogP contribution is 2.23. The SMILES string of the molecule is CCCNC(Cc1cccc(F)c1)c1cc(F)ccc1F. The molecule has 2 aromatic carbocycles. The first-order chi connectivity index (χ1) is 10.1. The van der Waals surface area contributed by atoms with E-state index in [-0.39, 0.29) is 17.4 Å². The summed E-state index contributed by atoms with van der Waals surface area (Å²) in [4.78, 5) is 0. The maximum atomic E-state index is 13.9. The van der Waals surface area contributed by atoms with Gasteiger partial charge in [-0.25, -0.2) is 13.2 Å². The molecule has 0 saturated carbocycles. The second-order valence-electron chi connectivity index (χ2n) is 5.01. The first-order valence-electron chi connectivity index (χ1n) is 7.03. The highest BCUT2D eigenvalue weighted by atomic mass is 19.1. The van der Waals surface area contributed by atoms with Crippen molar-refractivity contribution in [3.8, 4) is 0 Å². The number of rotatable bonds is 6. The zero-order chi connectivity index (χ0) is 15.2. The Hall–Kier alpha value is -1.81. The van der Waals surface area contributed by atoms with Crippen molar-refractivity contribution in [3.05, 3.63) is 71.0 Å². The molecule has 1 atom stereocenters. The molecule has 0 aromatic heterocycles. The van der Waals surface area contributed by atoms with E-state index in [0.717, 1.165) is 24.1 Å². The molecule has 1 unspecified atom stereocenters. The highest BCUT2D eigenvalue weighted by molar-refractivity contribution is 5.26. The average Bonchev–Trinajstić information content (AvgIpc) is 2.46. The van der Waals surface area contributed by atoms with Crippen molar-refractivity contribution in [3.63, 3.8) is 0 Å². The van der Waals surface area contributed by atoms with Crippen LogP contribution in [0.5, 0.6) is 0 Å². The van der Waals surface area contributed by atoms with Crippen LogP contribution in [-0.4, -0.2) is 6.54 Å². The van der Waals surface area contributed by atoms with E-state index in [1.54, 1.807) is 12.1 Å². The molecule has 1 nitrogen and oxygen atoms in total. The number of hydrogen-bond donors (Lipinski definition) is 1. The molecule has 0 aliphatic heterocycles. The monoisotopic (exact) mass is 293 g/mol. The van der Waals surface area contributed by atoms with Crippen LogP contribution in [0.2, 0.25) is 0 Å². The molecule has 0 amide bonds. The molecule has 0 radical (unpaired) electrons. The lowest BCUT2D eigenvalue weighted by Crippen LogP contribution is -2.25. The van der Waals surface area contributed by atoms with E-state index in [2.05, 4.69) is 5.32 Å². The lowest BCUT2D eigenvalue weighted by Gasteiger charge is -2.20. The summed E-state index contributed by atoms with van der Waals surface area (Å²) in [5, 5.41) is 3.19. The Morgan fingerprint density at radius 3 is 2.48 bits per heavy atom. The van der Waals surface area contributed by atoms with Gasteiger partial charge < -0.3 is 5.32 Å². The van der Waals surface area contributed by atoms with Gasteiger partial charge in [-0.3, -0.25) is 0 Å². The molecular formula is C17H18F3N. The van der Waals surface area contributed by atoms with Crippen LogP contribution in [0.25, 0.3) is 0 Å². The summed E-state index contributed by atoms with van der Waals surface area (Å²) in [6.45, 7) is 2.67. The fourth-order valence-electron chi connectivity index (χ4n) is 2.29. The van der Waals surface area contributed by atoms with Crippen molar-refractivity contribution in [1.82, 2.24) is 5.32 Å². The lowest BCUT2D eigenvalue weighted by atomic mass is 9.98. The van der Waals surface area contributed by atoms with E-state index < -0.39 is 11.6 Å². The van der Waals surface area contributed by atoms with Gasteiger partial charge in [0, 0.05) is 11.6 Å². The van der Waals surface area contributed by atoms with Crippen LogP contribution in [0.4, 0.5) is 13.2 Å². The average molecular weight is 293 g/mol. The first-order valence-corrected chi connectivity index (χ1v) is 7.03. The van der Waals surface area contributed by atoms with E-state index in [1.807, 2.05) is 6.92 Å². The quantitative estimate of drug-likeness (QED) is 0.833. The second-order valence-corrected chi connectivity index (χ2v) is 5.01. The Balaban J connectivity index is 2.27. The number of hydrogen-bond acceptors (Lipinski definition) is 1. The third-order valence-corrected chi connectivity index (χ3v) is 3.30. The van der Waals surface area contributed by atoms with Crippen molar-refractivity contribution >= 4 is 0 Å². The van der Waals surface area contributed by atoms with Gasteiger partial charge in [0.25, 0.3) is 0 Å². The molecule has 0 bridgehead atoms. The lowest BCUT2D eigenvalue weighted by molar-refractivity contribution is 0.489. The Morgan fingerprint density at radius 2 is 1.76 bits per heavy atom. The van der Waals surface area contributed by atoms with Gasteiger partial charge in [-0.2, -0.15) is 0 Å². The Bertz CT molecular complexity index is 598. The highest BCUT2D eigenvalue weighted by Gasteiger charge is 2.17. The normalized spacial score (nSPS) is 12.4. The van der Waals surface area contributed by atoms with Crippen molar-refractivity contribution in [1.29, 1.82) is 0 Å². The molecule has 0 spiro atoms. The smallest absolute Gasteiger partial charge is 0.128 e. The van der Waals surface area contributed by atoms with Gasteiger partial charge in [-0.15, -0.1) is 0 Å². The maximum absolute atomic E-state index is 13.9. The zero-order valence-electron chi connectivity index (χ0n) is 11.9. The summed E-state index contributed by atoms with van der Waals surface area (Å²) < 4.78 is 40.6. The molecule has 0 aliphatic carbocycles. The molecule has 0 heterocycles. The minimum Gasteiger partial charge on any atom is -0.310 e. The van der Waals surface area contributed by atoms with E-state index in [0.29, 0.717) is 13.0 Å². The Kier molecular flexibility index (Phi) is 5.39. The standard InChI is InChI=1S/C17H18F3N/c1-2-8-21-17(10-12-4-3-5-13(18)9-12)15-11-14(19)6-7-16(15)20/h3-7,9,11,17,21H,2,8,10H2,1H3. The second kappa shape index (κ2) is 7.27. The van der Waals surface area contributed by atoms with Gasteiger partial charge in [0.1, 0.15) is 17.5 Å². The summed E-state index contributed by atoms with van der Waals surface area (Å²) in [5.74, 6) is -1.27. The van der Waals surface area contributed by atoms with Gasteiger partial charge in [0.15, 0.2) is 0 Å². The third kappa shape index (κ3) is 4.33. The summed E-state index contributed by atoms with van der Waals surface area (Å²) in [5.41, 5.74) is 1.01. The van der Waals surface area contributed by atoms with Crippen molar-refractivity contribution in [2.45, 2.75) is 25.8 Å². The van der Waals surface area contributed by atoms with Gasteiger partial charge in [-0.05, 0) is 55.3 Å².